The molecule has 30 heavy (non-hydrogen) atoms. The molecular weight excluding hydrogens is 396 g/mol. The summed E-state index contributed by atoms with van der Waals surface area (Å²) in [6.45, 7) is 9.08. The predicted molar refractivity (Wildman–Crippen MR) is 124 cm³/mol. The molecule has 0 unspecified atom stereocenters. The molecular formula is C25H33ClN2O2. The Bertz CT molecular complexity index is 816. The Balaban J connectivity index is 2.15. The van der Waals surface area contributed by atoms with E-state index in [1.54, 1.807) is 4.90 Å². The molecule has 2 rings (SSSR count). The summed E-state index contributed by atoms with van der Waals surface area (Å²) in [5, 5.41) is 3.51. The Hall–Kier alpha value is -2.33. The summed E-state index contributed by atoms with van der Waals surface area (Å²) < 4.78 is 0. The number of hydrogen-bond donors (Lipinski definition) is 1. The Kier molecular flexibility index (Phi) is 9.38. The van der Waals surface area contributed by atoms with Gasteiger partial charge in [-0.2, -0.15) is 0 Å². The van der Waals surface area contributed by atoms with Crippen LogP contribution in [0.15, 0.2) is 48.5 Å². The third-order valence-corrected chi connectivity index (χ3v) is 5.53. The van der Waals surface area contributed by atoms with Crippen molar-refractivity contribution in [3.8, 4) is 0 Å². The van der Waals surface area contributed by atoms with Crippen molar-refractivity contribution in [2.24, 2.45) is 0 Å². The highest BCUT2D eigenvalue weighted by Crippen LogP contribution is 2.18. The van der Waals surface area contributed by atoms with Gasteiger partial charge in [-0.05, 0) is 54.5 Å². The number of rotatable bonds is 10. The summed E-state index contributed by atoms with van der Waals surface area (Å²) in [5.74, 6) is 0.359. The first-order valence-electron chi connectivity index (χ1n) is 10.8. The van der Waals surface area contributed by atoms with E-state index in [0.717, 1.165) is 11.1 Å². The van der Waals surface area contributed by atoms with Crippen molar-refractivity contribution in [2.45, 2.75) is 65.5 Å². The fourth-order valence-corrected chi connectivity index (χ4v) is 3.59. The van der Waals surface area contributed by atoms with Gasteiger partial charge in [-0.1, -0.05) is 68.8 Å². The molecule has 0 fully saturated rings. The first kappa shape index (κ1) is 23.9. The van der Waals surface area contributed by atoms with Crippen LogP contribution in [0.2, 0.25) is 5.02 Å². The first-order valence-corrected chi connectivity index (χ1v) is 11.1. The molecule has 0 radical (unpaired) electrons. The van der Waals surface area contributed by atoms with Gasteiger partial charge in [-0.3, -0.25) is 9.59 Å². The van der Waals surface area contributed by atoms with Crippen LogP contribution in [0, 0.1) is 0 Å². The molecule has 0 spiro atoms. The predicted octanol–water partition coefficient (Wildman–Crippen LogP) is 5.34. The zero-order valence-electron chi connectivity index (χ0n) is 18.5. The van der Waals surface area contributed by atoms with Gasteiger partial charge in [0.1, 0.15) is 6.04 Å². The third kappa shape index (κ3) is 6.88. The minimum atomic E-state index is -0.489. The van der Waals surface area contributed by atoms with Crippen LogP contribution in [0.3, 0.4) is 0 Å². The monoisotopic (exact) mass is 428 g/mol. The maximum absolute atomic E-state index is 13.2. The van der Waals surface area contributed by atoms with Gasteiger partial charge in [0.05, 0.1) is 0 Å². The number of nitrogens with one attached hydrogen (secondary N) is 1. The van der Waals surface area contributed by atoms with Crippen molar-refractivity contribution in [3.05, 3.63) is 70.2 Å². The highest BCUT2D eigenvalue weighted by Gasteiger charge is 2.28. The Morgan fingerprint density at radius 1 is 0.967 bits per heavy atom. The van der Waals surface area contributed by atoms with Crippen LogP contribution < -0.4 is 5.32 Å². The molecule has 4 nitrogen and oxygen atoms in total. The number of aryl methyl sites for hydroxylation is 1. The molecule has 0 saturated carbocycles. The van der Waals surface area contributed by atoms with E-state index in [0.29, 0.717) is 43.3 Å². The summed E-state index contributed by atoms with van der Waals surface area (Å²) in [5.41, 5.74) is 3.37. The van der Waals surface area contributed by atoms with Crippen molar-refractivity contribution < 1.29 is 9.59 Å². The largest absolute Gasteiger partial charge is 0.355 e. The van der Waals surface area contributed by atoms with E-state index in [2.05, 4.69) is 43.4 Å². The van der Waals surface area contributed by atoms with Crippen LogP contribution in [-0.2, 0) is 22.6 Å². The molecule has 0 aliphatic heterocycles. The van der Waals surface area contributed by atoms with E-state index in [9.17, 15) is 9.59 Å². The molecule has 0 aliphatic carbocycles. The van der Waals surface area contributed by atoms with Crippen molar-refractivity contribution in [3.63, 3.8) is 0 Å². The van der Waals surface area contributed by atoms with Gasteiger partial charge in [0.15, 0.2) is 0 Å². The maximum atomic E-state index is 13.2. The lowest BCUT2D eigenvalue weighted by Crippen LogP contribution is -2.49. The smallest absolute Gasteiger partial charge is 0.242 e. The lowest BCUT2D eigenvalue weighted by molar-refractivity contribution is -0.141. The van der Waals surface area contributed by atoms with Crippen molar-refractivity contribution in [1.82, 2.24) is 10.2 Å². The Morgan fingerprint density at radius 2 is 1.57 bits per heavy atom. The summed E-state index contributed by atoms with van der Waals surface area (Å²) in [4.78, 5) is 27.5. The molecule has 5 heteroatoms. The maximum Gasteiger partial charge on any atom is 0.242 e. The number of carbonyl (C=O) groups excluding carboxylic acids is 2. The molecule has 1 atom stereocenters. The topological polar surface area (TPSA) is 49.4 Å². The molecule has 1 N–H and O–H groups in total. The van der Waals surface area contributed by atoms with E-state index >= 15 is 0 Å². The summed E-state index contributed by atoms with van der Waals surface area (Å²) in [6, 6.07) is 15.4. The second kappa shape index (κ2) is 11.8. The van der Waals surface area contributed by atoms with Gasteiger partial charge in [-0.25, -0.2) is 0 Å². The highest BCUT2D eigenvalue weighted by molar-refractivity contribution is 6.30. The number of halogens is 1. The van der Waals surface area contributed by atoms with E-state index < -0.39 is 6.04 Å². The number of amides is 2. The van der Waals surface area contributed by atoms with Crippen LogP contribution in [-0.4, -0.2) is 29.3 Å². The quantitative estimate of drug-likeness (QED) is 0.555. The summed E-state index contributed by atoms with van der Waals surface area (Å²) in [7, 11) is 0. The van der Waals surface area contributed by atoms with Gasteiger partial charge in [0.25, 0.3) is 0 Å². The molecule has 0 aliphatic rings. The highest BCUT2D eigenvalue weighted by atomic mass is 35.5. The lowest BCUT2D eigenvalue weighted by atomic mass is 10.00. The number of nitrogens with zero attached hydrogens (tertiary/aromatic N) is 1. The third-order valence-electron chi connectivity index (χ3n) is 5.28. The summed E-state index contributed by atoms with van der Waals surface area (Å²) >= 11 is 6.00. The minimum Gasteiger partial charge on any atom is -0.355 e. The molecule has 0 bridgehead atoms. The molecule has 2 amide bonds. The van der Waals surface area contributed by atoms with E-state index in [1.807, 2.05) is 38.1 Å². The summed E-state index contributed by atoms with van der Waals surface area (Å²) in [6.07, 6.45) is 1.58. The Morgan fingerprint density at radius 3 is 2.10 bits per heavy atom. The average Bonchev–Trinajstić information content (AvgIpc) is 2.73. The molecule has 0 heterocycles. The van der Waals surface area contributed by atoms with Crippen LogP contribution in [0.1, 0.15) is 63.1 Å². The molecule has 2 aromatic rings. The second-order valence-electron chi connectivity index (χ2n) is 7.86. The van der Waals surface area contributed by atoms with Gasteiger partial charge in [-0.15, -0.1) is 0 Å². The van der Waals surface area contributed by atoms with E-state index in [4.69, 9.17) is 11.6 Å². The molecule has 0 aromatic heterocycles. The van der Waals surface area contributed by atoms with Gasteiger partial charge < -0.3 is 10.2 Å². The normalized spacial score (nSPS) is 11.9. The SMILES string of the molecule is CCNC(=O)[C@H](CC)N(Cc1ccc(Cl)cc1)C(=O)CCc1ccc(C(C)C)cc1. The minimum absolute atomic E-state index is 0.0176. The van der Waals surface area contributed by atoms with Crippen LogP contribution in [0.5, 0.6) is 0 Å². The molecule has 0 saturated heterocycles. The first-order chi connectivity index (χ1) is 14.3. The fourth-order valence-electron chi connectivity index (χ4n) is 3.46. The molecule has 162 valence electrons. The van der Waals surface area contributed by atoms with Crippen LogP contribution in [0.25, 0.3) is 0 Å². The fraction of sp³-hybridized carbons (Fsp3) is 0.440. The van der Waals surface area contributed by atoms with Crippen LogP contribution in [0.4, 0.5) is 0 Å². The molecule has 2 aromatic carbocycles. The van der Waals surface area contributed by atoms with Crippen molar-refractivity contribution in [2.75, 3.05) is 6.54 Å². The van der Waals surface area contributed by atoms with Gasteiger partial charge >= 0.3 is 0 Å². The second-order valence-corrected chi connectivity index (χ2v) is 8.30. The van der Waals surface area contributed by atoms with Gasteiger partial charge in [0.2, 0.25) is 11.8 Å². The number of likely N-dealkylation sites (N-methyl/N-ethyl adjacent to an activating group) is 1. The van der Waals surface area contributed by atoms with Crippen molar-refractivity contribution in [1.29, 1.82) is 0 Å². The zero-order chi connectivity index (χ0) is 22.1. The number of benzene rings is 2. The van der Waals surface area contributed by atoms with Crippen LogP contribution >= 0.6 is 11.6 Å². The van der Waals surface area contributed by atoms with Gasteiger partial charge in [0, 0.05) is 24.5 Å². The zero-order valence-corrected chi connectivity index (χ0v) is 19.2. The van der Waals surface area contributed by atoms with Crippen molar-refractivity contribution >= 4 is 23.4 Å². The number of hydrogen-bond acceptors (Lipinski definition) is 2. The number of carbonyl (C=O) groups is 2. The van der Waals surface area contributed by atoms with E-state index in [-0.39, 0.29) is 11.8 Å². The average molecular weight is 429 g/mol. The standard InChI is InChI=1S/C25H33ClN2O2/c1-5-23(25(30)27-6-2)28(17-20-9-14-22(26)15-10-20)24(29)16-11-19-7-12-21(13-8-19)18(3)4/h7-10,12-15,18,23H,5-6,11,16-17H2,1-4H3,(H,27,30)/t23-/m0/s1. The van der Waals surface area contributed by atoms with E-state index in [1.165, 1.54) is 5.56 Å². The lowest BCUT2D eigenvalue weighted by Gasteiger charge is -2.30. The Labute approximate surface area is 185 Å².